The van der Waals surface area contributed by atoms with Crippen molar-refractivity contribution in [1.29, 1.82) is 0 Å². The van der Waals surface area contributed by atoms with E-state index in [0.29, 0.717) is 26.2 Å². The Morgan fingerprint density at radius 3 is 2.75 bits per heavy atom. The number of rotatable bonds is 4. The number of aromatic nitrogens is 1. The Balaban J connectivity index is 1.75. The van der Waals surface area contributed by atoms with Crippen molar-refractivity contribution in [3.8, 4) is 0 Å². The monoisotopic (exact) mass is 351 g/mol. The predicted octanol–water partition coefficient (Wildman–Crippen LogP) is 1.55. The van der Waals surface area contributed by atoms with Crippen LogP contribution in [0.2, 0.25) is 0 Å². The number of hydrogen-bond acceptors (Lipinski definition) is 4. The van der Waals surface area contributed by atoms with Crippen molar-refractivity contribution >= 4 is 15.9 Å². The van der Waals surface area contributed by atoms with Crippen molar-refractivity contribution in [2.45, 2.75) is 39.7 Å². The van der Waals surface area contributed by atoms with Gasteiger partial charge in [0, 0.05) is 25.3 Å². The molecule has 0 aliphatic carbocycles. The average Bonchev–Trinajstić information content (AvgIpc) is 2.84. The second-order valence-electron chi connectivity index (χ2n) is 6.87. The fraction of sp³-hybridized carbons (Fsp3) is 0.647. The van der Waals surface area contributed by atoms with Gasteiger partial charge in [-0.25, -0.2) is 12.7 Å². The van der Waals surface area contributed by atoms with E-state index in [4.69, 9.17) is 0 Å². The van der Waals surface area contributed by atoms with Crippen LogP contribution >= 0.6 is 0 Å². The fourth-order valence-electron chi connectivity index (χ4n) is 3.81. The van der Waals surface area contributed by atoms with E-state index in [1.807, 2.05) is 30.0 Å². The molecule has 7 heteroatoms. The van der Waals surface area contributed by atoms with Gasteiger partial charge in [-0.15, -0.1) is 0 Å². The third-order valence-electron chi connectivity index (χ3n) is 5.20. The number of piperidine rings is 1. The van der Waals surface area contributed by atoms with Gasteiger partial charge in [-0.3, -0.25) is 9.78 Å². The largest absolute Gasteiger partial charge is 0.336 e. The fourth-order valence-corrected chi connectivity index (χ4v) is 5.03. The van der Waals surface area contributed by atoms with Crippen LogP contribution in [-0.4, -0.2) is 53.9 Å². The molecular formula is C17H25N3O3S. The van der Waals surface area contributed by atoms with Gasteiger partial charge in [0.05, 0.1) is 23.4 Å². The molecule has 3 heterocycles. The van der Waals surface area contributed by atoms with Crippen LogP contribution in [0.25, 0.3) is 0 Å². The summed E-state index contributed by atoms with van der Waals surface area (Å²) in [6, 6.07) is 5.82. The number of hydrogen-bond donors (Lipinski definition) is 0. The second-order valence-corrected chi connectivity index (χ2v) is 9.12. The molecule has 1 aromatic rings. The molecule has 1 aromatic heterocycles. The van der Waals surface area contributed by atoms with E-state index in [-0.39, 0.29) is 11.7 Å². The van der Waals surface area contributed by atoms with E-state index < -0.39 is 15.4 Å². The van der Waals surface area contributed by atoms with Gasteiger partial charge in [-0.2, -0.15) is 0 Å². The van der Waals surface area contributed by atoms with E-state index in [1.165, 1.54) is 4.31 Å². The summed E-state index contributed by atoms with van der Waals surface area (Å²) in [6.45, 7) is 5.63. The molecule has 6 nitrogen and oxygen atoms in total. The summed E-state index contributed by atoms with van der Waals surface area (Å²) in [6.07, 6.45) is 2.26. The highest BCUT2D eigenvalue weighted by molar-refractivity contribution is 7.89. The molecule has 0 saturated carbocycles. The van der Waals surface area contributed by atoms with Crippen LogP contribution in [0.3, 0.4) is 0 Å². The molecule has 0 N–H and O–H groups in total. The van der Waals surface area contributed by atoms with Gasteiger partial charge in [0.2, 0.25) is 15.9 Å². The van der Waals surface area contributed by atoms with Crippen LogP contribution in [-0.2, 0) is 21.4 Å². The maximum atomic E-state index is 13.0. The van der Waals surface area contributed by atoms with Crippen molar-refractivity contribution in [2.75, 3.05) is 25.4 Å². The van der Waals surface area contributed by atoms with E-state index in [9.17, 15) is 13.2 Å². The summed E-state index contributed by atoms with van der Waals surface area (Å²) in [5.74, 6) is 0.176. The summed E-state index contributed by atoms with van der Waals surface area (Å²) in [5, 5.41) is 0. The molecule has 2 fully saturated rings. The lowest BCUT2D eigenvalue weighted by molar-refractivity contribution is -0.138. The first-order valence-corrected chi connectivity index (χ1v) is 10.2. The summed E-state index contributed by atoms with van der Waals surface area (Å²) >= 11 is 0. The Bertz CT molecular complexity index is 734. The summed E-state index contributed by atoms with van der Waals surface area (Å²) < 4.78 is 25.9. The first-order chi connectivity index (χ1) is 11.4. The second kappa shape index (κ2) is 6.44. The molecule has 0 aromatic carbocycles. The zero-order valence-corrected chi connectivity index (χ0v) is 15.2. The topological polar surface area (TPSA) is 70.6 Å². The number of nitrogens with zero attached hydrogens (tertiary/aromatic N) is 3. The SMILES string of the molecule is CCS(=O)(=O)N1CCCC2(CCN(Cc3cccc(C)n3)C2=O)C1. The molecule has 0 radical (unpaired) electrons. The molecule has 1 unspecified atom stereocenters. The molecule has 0 bridgehead atoms. The average molecular weight is 351 g/mol. The molecule has 2 aliphatic heterocycles. The smallest absolute Gasteiger partial charge is 0.230 e. The molecule has 1 spiro atoms. The van der Waals surface area contributed by atoms with Crippen molar-refractivity contribution in [2.24, 2.45) is 5.41 Å². The number of carbonyl (C=O) groups is 1. The van der Waals surface area contributed by atoms with Crippen LogP contribution in [0.5, 0.6) is 0 Å². The minimum Gasteiger partial charge on any atom is -0.336 e. The first kappa shape index (κ1) is 17.4. The molecule has 132 valence electrons. The standard InChI is InChI=1S/C17H25N3O3S/c1-3-24(22,23)20-10-5-8-17(13-20)9-11-19(16(17)21)12-15-7-4-6-14(2)18-15/h4,6-7H,3,5,8-13H2,1-2H3. The third kappa shape index (κ3) is 3.19. The number of pyridine rings is 1. The highest BCUT2D eigenvalue weighted by atomic mass is 32.2. The van der Waals surface area contributed by atoms with E-state index >= 15 is 0 Å². The predicted molar refractivity (Wildman–Crippen MR) is 91.7 cm³/mol. The number of aryl methyl sites for hydroxylation is 1. The Morgan fingerprint density at radius 2 is 2.04 bits per heavy atom. The number of amides is 1. The highest BCUT2D eigenvalue weighted by Gasteiger charge is 2.50. The van der Waals surface area contributed by atoms with Crippen molar-refractivity contribution in [1.82, 2.24) is 14.2 Å². The lowest BCUT2D eigenvalue weighted by atomic mass is 9.79. The van der Waals surface area contributed by atoms with E-state index in [0.717, 1.165) is 30.7 Å². The normalized spacial score (nSPS) is 25.6. The summed E-state index contributed by atoms with van der Waals surface area (Å²) in [7, 11) is -3.24. The molecule has 24 heavy (non-hydrogen) atoms. The van der Waals surface area contributed by atoms with Crippen LogP contribution in [0.1, 0.15) is 37.6 Å². The lowest BCUT2D eigenvalue weighted by Gasteiger charge is -2.38. The Morgan fingerprint density at radius 1 is 1.25 bits per heavy atom. The van der Waals surface area contributed by atoms with Crippen LogP contribution < -0.4 is 0 Å². The van der Waals surface area contributed by atoms with E-state index in [1.54, 1.807) is 6.92 Å². The van der Waals surface area contributed by atoms with Crippen LogP contribution in [0, 0.1) is 12.3 Å². The minimum atomic E-state index is -3.24. The maximum absolute atomic E-state index is 13.0. The molecule has 2 aliphatic rings. The Labute approximate surface area is 143 Å². The first-order valence-electron chi connectivity index (χ1n) is 8.56. The number of likely N-dealkylation sites (tertiary alicyclic amines) is 1. The Kier molecular flexibility index (Phi) is 4.66. The zero-order valence-electron chi connectivity index (χ0n) is 14.4. The van der Waals surface area contributed by atoms with Gasteiger partial charge in [-0.05, 0) is 45.2 Å². The maximum Gasteiger partial charge on any atom is 0.230 e. The van der Waals surface area contributed by atoms with Crippen LogP contribution in [0.4, 0.5) is 0 Å². The molecule has 1 atom stereocenters. The minimum absolute atomic E-state index is 0.0850. The van der Waals surface area contributed by atoms with Gasteiger partial charge in [-0.1, -0.05) is 6.07 Å². The molecule has 1 amide bonds. The van der Waals surface area contributed by atoms with Gasteiger partial charge in [0.25, 0.3) is 0 Å². The van der Waals surface area contributed by atoms with Crippen molar-refractivity contribution in [3.63, 3.8) is 0 Å². The summed E-state index contributed by atoms with van der Waals surface area (Å²) in [4.78, 5) is 19.3. The van der Waals surface area contributed by atoms with Gasteiger partial charge in [0.1, 0.15) is 0 Å². The van der Waals surface area contributed by atoms with Gasteiger partial charge < -0.3 is 4.90 Å². The van der Waals surface area contributed by atoms with E-state index in [2.05, 4.69) is 4.98 Å². The third-order valence-corrected chi connectivity index (χ3v) is 7.03. The van der Waals surface area contributed by atoms with Crippen molar-refractivity contribution < 1.29 is 13.2 Å². The van der Waals surface area contributed by atoms with Gasteiger partial charge >= 0.3 is 0 Å². The Hall–Kier alpha value is -1.47. The van der Waals surface area contributed by atoms with Crippen LogP contribution in [0.15, 0.2) is 18.2 Å². The zero-order chi connectivity index (χ0) is 17.4. The number of carbonyl (C=O) groups excluding carboxylic acids is 1. The van der Waals surface area contributed by atoms with Crippen molar-refractivity contribution in [3.05, 3.63) is 29.6 Å². The lowest BCUT2D eigenvalue weighted by Crippen LogP contribution is -2.50. The number of sulfonamides is 1. The molecule has 2 saturated heterocycles. The molecule has 3 rings (SSSR count). The van der Waals surface area contributed by atoms with Gasteiger partial charge in [0.15, 0.2) is 0 Å². The summed E-state index contributed by atoms with van der Waals surface area (Å²) in [5.41, 5.74) is 1.28. The quantitative estimate of drug-likeness (QED) is 0.825. The highest BCUT2D eigenvalue weighted by Crippen LogP contribution is 2.41. The molecular weight excluding hydrogens is 326 g/mol.